The van der Waals surface area contributed by atoms with Crippen LogP contribution in [0, 0.1) is 0 Å². The van der Waals surface area contributed by atoms with Crippen LogP contribution in [0.5, 0.6) is 0 Å². The summed E-state index contributed by atoms with van der Waals surface area (Å²) >= 11 is 7.60. The Balaban J connectivity index is 1.54. The van der Waals surface area contributed by atoms with Gasteiger partial charge in [-0.25, -0.2) is 13.4 Å². The molecule has 1 aromatic carbocycles. The molecule has 130 valence electrons. The first-order valence-electron chi connectivity index (χ1n) is 7.49. The number of likely N-dealkylation sites (N-methyl/N-ethyl adjacent to an activating group) is 1. The van der Waals surface area contributed by atoms with Gasteiger partial charge in [0.25, 0.3) is 0 Å². The Labute approximate surface area is 149 Å². The highest BCUT2D eigenvalue weighted by atomic mass is 35.5. The number of carbonyl (C=O) groups excluding carboxylic acids is 1. The maximum absolute atomic E-state index is 12.1. The average Bonchev–Trinajstić information content (AvgIpc) is 2.97. The number of sulfone groups is 1. The Morgan fingerprint density at radius 1 is 1.42 bits per heavy atom. The zero-order chi connectivity index (χ0) is 17.3. The molecule has 9 heteroatoms. The highest BCUT2D eigenvalue weighted by molar-refractivity contribution is 7.91. The van der Waals surface area contributed by atoms with Gasteiger partial charge >= 0.3 is 0 Å². The molecule has 1 aliphatic rings. The van der Waals surface area contributed by atoms with Gasteiger partial charge in [0.1, 0.15) is 5.01 Å². The summed E-state index contributed by atoms with van der Waals surface area (Å²) in [6.45, 7) is 0.718. The van der Waals surface area contributed by atoms with Crippen molar-refractivity contribution in [3.63, 3.8) is 0 Å². The number of alkyl halides is 1. The molecule has 24 heavy (non-hydrogen) atoms. The summed E-state index contributed by atoms with van der Waals surface area (Å²) in [5, 5.41) is 3.09. The van der Waals surface area contributed by atoms with E-state index in [2.05, 4.69) is 10.3 Å². The highest BCUT2D eigenvalue weighted by Crippen LogP contribution is 2.22. The van der Waals surface area contributed by atoms with Crippen molar-refractivity contribution in [3.05, 3.63) is 29.3 Å². The summed E-state index contributed by atoms with van der Waals surface area (Å²) < 4.78 is 24.2. The van der Waals surface area contributed by atoms with Crippen LogP contribution in [-0.2, 0) is 21.2 Å². The minimum atomic E-state index is -3.15. The number of hydrogen-bond donors (Lipinski definition) is 1. The van der Waals surface area contributed by atoms with Crippen molar-refractivity contribution < 1.29 is 13.2 Å². The number of para-hydroxylation sites is 1. The summed E-state index contributed by atoms with van der Waals surface area (Å²) in [5.74, 6) is -0.401. The first-order chi connectivity index (χ1) is 11.3. The quantitative estimate of drug-likeness (QED) is 0.781. The van der Waals surface area contributed by atoms with E-state index in [0.717, 1.165) is 15.2 Å². The number of fused-ring (bicyclic) bond motifs is 1. The molecule has 1 N–H and O–H groups in total. The van der Waals surface area contributed by atoms with E-state index in [1.165, 1.54) is 0 Å². The zero-order valence-electron chi connectivity index (χ0n) is 13.1. The second kappa shape index (κ2) is 6.95. The monoisotopic (exact) mass is 387 g/mol. The number of nitrogens with zero attached hydrogens (tertiary/aromatic N) is 2. The van der Waals surface area contributed by atoms with Crippen LogP contribution < -0.4 is 5.32 Å². The average molecular weight is 388 g/mol. The topological polar surface area (TPSA) is 79.4 Å². The summed E-state index contributed by atoms with van der Waals surface area (Å²) in [4.78, 5) is 18.5. The van der Waals surface area contributed by atoms with Crippen LogP contribution in [-0.4, -0.2) is 60.7 Å². The number of benzene rings is 1. The summed E-state index contributed by atoms with van der Waals surface area (Å²) in [6, 6.07) is 7.38. The van der Waals surface area contributed by atoms with Gasteiger partial charge in [0.15, 0.2) is 9.84 Å². The van der Waals surface area contributed by atoms with Crippen LogP contribution in [0.4, 0.5) is 0 Å². The maximum atomic E-state index is 12.1. The number of thiazole rings is 1. The molecule has 1 amide bonds. The predicted molar refractivity (Wildman–Crippen MR) is 96.2 cm³/mol. The molecule has 0 unspecified atom stereocenters. The molecule has 0 aliphatic carbocycles. The standard InChI is InChI=1S/C15H18ClN3O3S2/c1-19(7-15-18-11-4-2-3-5-13(11)23-15)6-14(20)17-12-9-24(21,22)8-10(12)16/h2-5,10,12H,6-9H2,1H3,(H,17,20)/t10-,12-/m0/s1. The molecule has 0 bridgehead atoms. The van der Waals surface area contributed by atoms with Gasteiger partial charge in [0, 0.05) is 0 Å². The molecule has 0 saturated carbocycles. The lowest BCUT2D eigenvalue weighted by Crippen LogP contribution is -2.44. The van der Waals surface area contributed by atoms with Crippen LogP contribution in [0.1, 0.15) is 5.01 Å². The molecule has 6 nitrogen and oxygen atoms in total. The first kappa shape index (κ1) is 17.6. The van der Waals surface area contributed by atoms with Crippen molar-refractivity contribution in [2.24, 2.45) is 0 Å². The molecule has 1 aliphatic heterocycles. The first-order valence-corrected chi connectivity index (χ1v) is 10.6. The van der Waals surface area contributed by atoms with Gasteiger partial charge in [-0.15, -0.1) is 22.9 Å². The molecule has 2 heterocycles. The number of amides is 1. The van der Waals surface area contributed by atoms with E-state index < -0.39 is 21.3 Å². The number of rotatable bonds is 5. The van der Waals surface area contributed by atoms with Crippen molar-refractivity contribution in [2.45, 2.75) is 18.0 Å². The Morgan fingerprint density at radius 3 is 2.83 bits per heavy atom. The van der Waals surface area contributed by atoms with Crippen molar-refractivity contribution in [3.8, 4) is 0 Å². The molecule has 0 radical (unpaired) electrons. The zero-order valence-corrected chi connectivity index (χ0v) is 15.5. The van der Waals surface area contributed by atoms with Gasteiger partial charge in [-0.05, 0) is 19.2 Å². The molecular weight excluding hydrogens is 370 g/mol. The van der Waals surface area contributed by atoms with Gasteiger partial charge < -0.3 is 5.32 Å². The van der Waals surface area contributed by atoms with Crippen LogP contribution >= 0.6 is 22.9 Å². The van der Waals surface area contributed by atoms with Crippen LogP contribution in [0.3, 0.4) is 0 Å². The molecule has 0 spiro atoms. The normalized spacial score (nSPS) is 23.0. The Hall–Kier alpha value is -1.22. The number of nitrogens with one attached hydrogen (secondary N) is 1. The lowest BCUT2D eigenvalue weighted by atomic mass is 10.2. The smallest absolute Gasteiger partial charge is 0.234 e. The van der Waals surface area contributed by atoms with Crippen LogP contribution in [0.2, 0.25) is 0 Å². The van der Waals surface area contributed by atoms with E-state index >= 15 is 0 Å². The van der Waals surface area contributed by atoms with E-state index in [1.807, 2.05) is 36.2 Å². The van der Waals surface area contributed by atoms with E-state index in [0.29, 0.717) is 6.54 Å². The molecule has 2 aromatic rings. The molecule has 2 atom stereocenters. The summed E-state index contributed by atoms with van der Waals surface area (Å²) in [5.41, 5.74) is 0.955. The summed E-state index contributed by atoms with van der Waals surface area (Å²) in [6.07, 6.45) is 0. The SMILES string of the molecule is CN(CC(=O)N[C@H]1CS(=O)(=O)C[C@@H]1Cl)Cc1nc2ccccc2s1. The second-order valence-corrected chi connectivity index (χ2v) is 9.84. The van der Waals surface area contributed by atoms with E-state index in [1.54, 1.807) is 11.3 Å². The molecular formula is C15H18ClN3O3S2. The third-order valence-corrected chi connectivity index (χ3v) is 7.18. The number of halogens is 1. The Bertz CT molecular complexity index is 820. The fourth-order valence-corrected chi connectivity index (χ4v) is 6.31. The van der Waals surface area contributed by atoms with E-state index in [-0.39, 0.29) is 24.0 Å². The lowest BCUT2D eigenvalue weighted by molar-refractivity contribution is -0.122. The van der Waals surface area contributed by atoms with Gasteiger partial charge in [-0.3, -0.25) is 9.69 Å². The third kappa shape index (κ3) is 4.24. The van der Waals surface area contributed by atoms with Crippen LogP contribution in [0.15, 0.2) is 24.3 Å². The number of carbonyl (C=O) groups is 1. The minimum Gasteiger partial charge on any atom is -0.350 e. The number of aromatic nitrogens is 1. The van der Waals surface area contributed by atoms with Gasteiger partial charge in [0.05, 0.1) is 46.2 Å². The molecule has 1 fully saturated rings. The largest absolute Gasteiger partial charge is 0.350 e. The number of hydrogen-bond acceptors (Lipinski definition) is 6. The minimum absolute atomic E-state index is 0.0823. The molecule has 1 saturated heterocycles. The maximum Gasteiger partial charge on any atom is 0.234 e. The highest BCUT2D eigenvalue weighted by Gasteiger charge is 2.37. The summed E-state index contributed by atoms with van der Waals surface area (Å²) in [7, 11) is -1.32. The predicted octanol–water partition coefficient (Wildman–Crippen LogP) is 1.25. The lowest BCUT2D eigenvalue weighted by Gasteiger charge is -2.18. The van der Waals surface area contributed by atoms with E-state index in [9.17, 15) is 13.2 Å². The van der Waals surface area contributed by atoms with Gasteiger partial charge in [-0.1, -0.05) is 12.1 Å². The fraction of sp³-hybridized carbons (Fsp3) is 0.467. The fourth-order valence-electron chi connectivity index (χ4n) is 2.71. The van der Waals surface area contributed by atoms with Crippen molar-refractivity contribution in [1.29, 1.82) is 0 Å². The Kier molecular flexibility index (Phi) is 5.10. The second-order valence-electron chi connectivity index (χ2n) is 6.01. The van der Waals surface area contributed by atoms with Crippen molar-refractivity contribution >= 4 is 48.9 Å². The van der Waals surface area contributed by atoms with E-state index in [4.69, 9.17) is 11.6 Å². The molecule has 1 aromatic heterocycles. The molecule has 3 rings (SSSR count). The van der Waals surface area contributed by atoms with Gasteiger partial charge in [0.2, 0.25) is 5.91 Å². The van der Waals surface area contributed by atoms with Crippen LogP contribution in [0.25, 0.3) is 10.2 Å². The third-order valence-electron chi connectivity index (χ3n) is 3.79. The van der Waals surface area contributed by atoms with Crippen molar-refractivity contribution in [2.75, 3.05) is 25.1 Å². The Morgan fingerprint density at radius 2 is 2.17 bits per heavy atom. The van der Waals surface area contributed by atoms with Crippen molar-refractivity contribution in [1.82, 2.24) is 15.2 Å². The van der Waals surface area contributed by atoms with Gasteiger partial charge in [-0.2, -0.15) is 0 Å².